The molecule has 0 unspecified atom stereocenters. The van der Waals surface area contributed by atoms with Crippen molar-refractivity contribution in [2.75, 3.05) is 6.61 Å². The van der Waals surface area contributed by atoms with Gasteiger partial charge in [0, 0.05) is 6.42 Å². The number of carboxylic acids is 1. The number of aliphatic hydroxyl groups is 1. The summed E-state index contributed by atoms with van der Waals surface area (Å²) in [6.07, 6.45) is -0.876. The van der Waals surface area contributed by atoms with E-state index in [-0.39, 0.29) is 18.8 Å². The molecule has 0 saturated heterocycles. The highest BCUT2D eigenvalue weighted by Crippen LogP contribution is 2.12. The quantitative estimate of drug-likeness (QED) is 0.441. The summed E-state index contributed by atoms with van der Waals surface area (Å²) in [5.41, 5.74) is 1.35. The fraction of sp³-hybridized carbons (Fsp3) is 0.250. The lowest BCUT2D eigenvalue weighted by atomic mass is 10.0. The van der Waals surface area contributed by atoms with Crippen LogP contribution in [0.25, 0.3) is 0 Å². The number of carbonyl (C=O) groups excluding carboxylic acids is 3. The Kier molecular flexibility index (Phi) is 7.99. The normalized spacial score (nSPS) is 12.4. The van der Waals surface area contributed by atoms with Crippen molar-refractivity contribution in [2.45, 2.75) is 25.1 Å². The summed E-state index contributed by atoms with van der Waals surface area (Å²) < 4.78 is 5.10. The maximum atomic E-state index is 12.5. The lowest BCUT2D eigenvalue weighted by Crippen LogP contribution is -2.56. The Morgan fingerprint density at radius 3 is 2.17 bits per heavy atom. The SMILES string of the molecule is O=C(N[C@@H](Cc1ccc(O)cc1)C(=O)N[C@H](CO)C(=O)[O-])OCc1ccccc1. The second-order valence-corrected chi connectivity index (χ2v) is 6.19. The smallest absolute Gasteiger partial charge is 0.408 e. The predicted octanol–water partition coefficient (Wildman–Crippen LogP) is -0.543. The van der Waals surface area contributed by atoms with Crippen molar-refractivity contribution in [3.8, 4) is 5.75 Å². The van der Waals surface area contributed by atoms with E-state index in [2.05, 4.69) is 10.6 Å². The maximum Gasteiger partial charge on any atom is 0.408 e. The number of ether oxygens (including phenoxy) is 1. The van der Waals surface area contributed by atoms with E-state index in [0.29, 0.717) is 5.56 Å². The first-order valence-corrected chi connectivity index (χ1v) is 8.76. The fourth-order valence-electron chi connectivity index (χ4n) is 2.44. The fourth-order valence-corrected chi connectivity index (χ4v) is 2.44. The van der Waals surface area contributed by atoms with Gasteiger partial charge in [-0.3, -0.25) is 4.79 Å². The third-order valence-corrected chi connectivity index (χ3v) is 3.98. The molecule has 0 aliphatic heterocycles. The number of aromatic hydroxyl groups is 1. The van der Waals surface area contributed by atoms with Gasteiger partial charge in [-0.15, -0.1) is 0 Å². The zero-order chi connectivity index (χ0) is 21.2. The van der Waals surface area contributed by atoms with Crippen LogP contribution in [0, 0.1) is 0 Å². The number of carboxylic acid groups (broad SMARTS) is 1. The molecule has 0 radical (unpaired) electrons. The van der Waals surface area contributed by atoms with Gasteiger partial charge >= 0.3 is 6.09 Å². The van der Waals surface area contributed by atoms with Crippen LogP contribution in [-0.4, -0.2) is 46.9 Å². The second-order valence-electron chi connectivity index (χ2n) is 6.19. The molecule has 2 atom stereocenters. The number of hydrogen-bond donors (Lipinski definition) is 4. The molecule has 9 nitrogen and oxygen atoms in total. The third-order valence-electron chi connectivity index (χ3n) is 3.98. The topological polar surface area (TPSA) is 148 Å². The van der Waals surface area contributed by atoms with Crippen LogP contribution in [0.1, 0.15) is 11.1 Å². The molecule has 0 aliphatic rings. The minimum Gasteiger partial charge on any atom is -0.548 e. The zero-order valence-corrected chi connectivity index (χ0v) is 15.4. The Labute approximate surface area is 166 Å². The molecule has 2 amide bonds. The van der Waals surface area contributed by atoms with Gasteiger partial charge in [0.05, 0.1) is 18.6 Å². The molecule has 0 heterocycles. The molecule has 2 rings (SSSR count). The molecule has 0 bridgehead atoms. The van der Waals surface area contributed by atoms with Crippen LogP contribution < -0.4 is 15.7 Å². The number of phenols is 1. The number of aliphatic carboxylic acids is 1. The minimum atomic E-state index is -1.66. The number of aliphatic hydroxyl groups excluding tert-OH is 1. The van der Waals surface area contributed by atoms with Gasteiger partial charge in [-0.25, -0.2) is 4.79 Å². The molecule has 0 fully saturated rings. The third kappa shape index (κ3) is 7.15. The molecule has 29 heavy (non-hydrogen) atoms. The monoisotopic (exact) mass is 401 g/mol. The zero-order valence-electron chi connectivity index (χ0n) is 15.4. The molecule has 0 aliphatic carbocycles. The van der Waals surface area contributed by atoms with Gasteiger partial charge in [0.2, 0.25) is 5.91 Å². The molecule has 0 spiro atoms. The predicted molar refractivity (Wildman–Crippen MR) is 99.4 cm³/mol. The van der Waals surface area contributed by atoms with Crippen molar-refractivity contribution >= 4 is 18.0 Å². The van der Waals surface area contributed by atoms with Crippen molar-refractivity contribution in [3.05, 3.63) is 65.7 Å². The van der Waals surface area contributed by atoms with Crippen molar-refractivity contribution < 1.29 is 34.4 Å². The van der Waals surface area contributed by atoms with E-state index in [1.54, 1.807) is 36.4 Å². The first-order valence-electron chi connectivity index (χ1n) is 8.76. The van der Waals surface area contributed by atoms with Gasteiger partial charge < -0.3 is 35.5 Å². The largest absolute Gasteiger partial charge is 0.548 e. The van der Waals surface area contributed by atoms with Gasteiger partial charge in [0.1, 0.15) is 18.4 Å². The summed E-state index contributed by atoms with van der Waals surface area (Å²) in [6.45, 7) is -0.878. The molecule has 2 aromatic rings. The summed E-state index contributed by atoms with van der Waals surface area (Å²) in [6, 6.07) is 12.0. The van der Waals surface area contributed by atoms with Crippen LogP contribution in [0.15, 0.2) is 54.6 Å². The summed E-state index contributed by atoms with van der Waals surface area (Å²) >= 11 is 0. The Bertz CT molecular complexity index is 824. The number of amides is 2. The van der Waals surface area contributed by atoms with Crippen LogP contribution in [0.5, 0.6) is 5.75 Å². The van der Waals surface area contributed by atoms with E-state index < -0.39 is 36.7 Å². The molecule has 4 N–H and O–H groups in total. The van der Waals surface area contributed by atoms with E-state index in [1.807, 2.05) is 6.07 Å². The number of phenolic OH excluding ortho intramolecular Hbond substituents is 1. The van der Waals surface area contributed by atoms with E-state index >= 15 is 0 Å². The summed E-state index contributed by atoms with van der Waals surface area (Å²) in [5.74, 6) is -2.46. The van der Waals surface area contributed by atoms with Crippen molar-refractivity contribution in [2.24, 2.45) is 0 Å². The molecule has 154 valence electrons. The number of benzene rings is 2. The van der Waals surface area contributed by atoms with Gasteiger partial charge in [-0.05, 0) is 23.3 Å². The summed E-state index contributed by atoms with van der Waals surface area (Å²) in [5, 5.41) is 33.9. The number of alkyl carbamates (subject to hydrolysis) is 1. The van der Waals surface area contributed by atoms with Crippen molar-refractivity contribution in [3.63, 3.8) is 0 Å². The Hall–Kier alpha value is -3.59. The second kappa shape index (κ2) is 10.7. The van der Waals surface area contributed by atoms with Crippen molar-refractivity contribution in [1.29, 1.82) is 0 Å². The minimum absolute atomic E-state index is 0.00224. The van der Waals surface area contributed by atoms with Gasteiger partial charge in [-0.1, -0.05) is 42.5 Å². The first kappa shape index (κ1) is 21.7. The number of hydrogen-bond acceptors (Lipinski definition) is 7. The van der Waals surface area contributed by atoms with Crippen LogP contribution >= 0.6 is 0 Å². The van der Waals surface area contributed by atoms with Gasteiger partial charge in [-0.2, -0.15) is 0 Å². The van der Waals surface area contributed by atoms with Crippen LogP contribution in [0.4, 0.5) is 4.79 Å². The van der Waals surface area contributed by atoms with E-state index in [0.717, 1.165) is 5.56 Å². The summed E-state index contributed by atoms with van der Waals surface area (Å²) in [7, 11) is 0. The lowest BCUT2D eigenvalue weighted by molar-refractivity contribution is -0.309. The molecule has 9 heteroatoms. The molecule has 0 saturated carbocycles. The standard InChI is InChI=1S/C20H22N2O7/c23-11-17(19(26)27)21-18(25)16(10-13-6-8-15(24)9-7-13)22-20(28)29-12-14-4-2-1-3-5-14/h1-9,16-17,23-24H,10-12H2,(H,21,25)(H,22,28)(H,26,27)/p-1/t16-,17+/m0/s1. The van der Waals surface area contributed by atoms with Crippen LogP contribution in [0.2, 0.25) is 0 Å². The molecule has 0 aromatic heterocycles. The van der Waals surface area contributed by atoms with Gasteiger partial charge in [0.25, 0.3) is 0 Å². The summed E-state index contributed by atoms with van der Waals surface area (Å²) in [4.78, 5) is 35.5. The van der Waals surface area contributed by atoms with E-state index in [9.17, 15) is 24.6 Å². The van der Waals surface area contributed by atoms with Gasteiger partial charge in [0.15, 0.2) is 0 Å². The average molecular weight is 401 g/mol. The lowest BCUT2D eigenvalue weighted by Gasteiger charge is -2.23. The molecular formula is C20H21N2O7-. The number of rotatable bonds is 9. The average Bonchev–Trinajstić information content (AvgIpc) is 2.72. The van der Waals surface area contributed by atoms with E-state index in [4.69, 9.17) is 9.84 Å². The maximum absolute atomic E-state index is 12.5. The van der Waals surface area contributed by atoms with Crippen LogP contribution in [0.3, 0.4) is 0 Å². The molecule has 2 aromatic carbocycles. The highest BCUT2D eigenvalue weighted by molar-refractivity contribution is 5.89. The highest BCUT2D eigenvalue weighted by atomic mass is 16.5. The Balaban J connectivity index is 2.05. The van der Waals surface area contributed by atoms with E-state index in [1.165, 1.54) is 12.1 Å². The molecular weight excluding hydrogens is 380 g/mol. The highest BCUT2D eigenvalue weighted by Gasteiger charge is 2.24. The first-order chi connectivity index (χ1) is 13.9. The number of carbonyl (C=O) groups is 3. The Morgan fingerprint density at radius 2 is 1.59 bits per heavy atom. The Morgan fingerprint density at radius 1 is 0.931 bits per heavy atom. The van der Waals surface area contributed by atoms with Crippen LogP contribution in [-0.2, 0) is 27.4 Å². The van der Waals surface area contributed by atoms with Crippen molar-refractivity contribution in [1.82, 2.24) is 10.6 Å². The number of nitrogens with one attached hydrogen (secondary N) is 2.